The molecule has 0 saturated carbocycles. The Labute approximate surface area is 128 Å². The van der Waals surface area contributed by atoms with Gasteiger partial charge in [0.2, 0.25) is 0 Å². The summed E-state index contributed by atoms with van der Waals surface area (Å²) in [5, 5.41) is 5.25. The van der Waals surface area contributed by atoms with E-state index in [4.69, 9.17) is 9.72 Å². The summed E-state index contributed by atoms with van der Waals surface area (Å²) in [7, 11) is 0. The molecule has 0 amide bonds. The van der Waals surface area contributed by atoms with Gasteiger partial charge in [0.1, 0.15) is 23.2 Å². The van der Waals surface area contributed by atoms with E-state index in [0.29, 0.717) is 11.9 Å². The first kappa shape index (κ1) is 13.2. The van der Waals surface area contributed by atoms with Crippen LogP contribution in [0.15, 0.2) is 35.5 Å². The Morgan fingerprint density at radius 2 is 2.10 bits per heavy atom. The summed E-state index contributed by atoms with van der Waals surface area (Å²) in [6, 6.07) is 8.19. The van der Waals surface area contributed by atoms with Crippen LogP contribution in [0.3, 0.4) is 0 Å². The monoisotopic (exact) mass is 301 g/mol. The molecule has 0 atom stereocenters. The van der Waals surface area contributed by atoms with Crippen LogP contribution in [0.1, 0.15) is 12.8 Å². The van der Waals surface area contributed by atoms with Crippen molar-refractivity contribution in [3.8, 4) is 17.1 Å². The average molecular weight is 301 g/mol. The van der Waals surface area contributed by atoms with Crippen molar-refractivity contribution >= 4 is 11.8 Å². The molecule has 1 aromatic heterocycles. The Bertz CT molecular complexity index is 634. The van der Waals surface area contributed by atoms with Crippen molar-refractivity contribution in [1.29, 1.82) is 0 Å². The molecule has 3 heterocycles. The minimum Gasteiger partial charge on any atom is -0.491 e. The van der Waals surface area contributed by atoms with Crippen LogP contribution in [0.4, 0.5) is 0 Å². The van der Waals surface area contributed by atoms with Crippen LogP contribution in [-0.4, -0.2) is 34.5 Å². The maximum absolute atomic E-state index is 5.80. The van der Waals surface area contributed by atoms with Crippen molar-refractivity contribution < 1.29 is 4.74 Å². The Morgan fingerprint density at radius 1 is 1.24 bits per heavy atom. The Balaban J connectivity index is 1.63. The van der Waals surface area contributed by atoms with Gasteiger partial charge in [-0.15, -0.1) is 11.8 Å². The van der Waals surface area contributed by atoms with E-state index in [2.05, 4.69) is 22.1 Å². The molecule has 0 bridgehead atoms. The van der Waals surface area contributed by atoms with E-state index >= 15 is 0 Å². The number of imidazole rings is 1. The zero-order valence-electron chi connectivity index (χ0n) is 11.9. The first-order chi connectivity index (χ1) is 10.4. The molecule has 0 radical (unpaired) electrons. The average Bonchev–Trinajstić information content (AvgIpc) is 2.83. The van der Waals surface area contributed by atoms with Gasteiger partial charge >= 0.3 is 0 Å². The quantitative estimate of drug-likeness (QED) is 0.926. The molecule has 1 aromatic carbocycles. The number of nitrogens with one attached hydrogen (secondary N) is 1. The highest BCUT2D eigenvalue weighted by Gasteiger charge is 2.20. The van der Waals surface area contributed by atoms with Crippen molar-refractivity contribution in [1.82, 2.24) is 14.9 Å². The number of hydrogen-bond acceptors (Lipinski definition) is 4. The molecular weight excluding hydrogens is 282 g/mol. The molecule has 1 N–H and O–H groups in total. The fourth-order valence-corrected chi connectivity index (χ4v) is 4.09. The van der Waals surface area contributed by atoms with Crippen molar-refractivity contribution in [2.24, 2.45) is 0 Å². The van der Waals surface area contributed by atoms with Gasteiger partial charge in [-0.25, -0.2) is 4.98 Å². The molecule has 2 aliphatic heterocycles. The minimum absolute atomic E-state index is 0.692. The van der Waals surface area contributed by atoms with Gasteiger partial charge in [-0.05, 0) is 38.1 Å². The lowest BCUT2D eigenvalue weighted by Gasteiger charge is -2.20. The van der Waals surface area contributed by atoms with Gasteiger partial charge in [-0.3, -0.25) is 0 Å². The van der Waals surface area contributed by atoms with Gasteiger partial charge in [-0.1, -0.05) is 12.1 Å². The van der Waals surface area contributed by atoms with E-state index in [1.807, 2.05) is 30.0 Å². The van der Waals surface area contributed by atoms with Crippen LogP contribution in [0, 0.1) is 0 Å². The third-order valence-electron chi connectivity index (χ3n) is 4.05. The number of hydrogen-bond donors (Lipinski definition) is 1. The second-order valence-electron chi connectivity index (χ2n) is 5.51. The van der Waals surface area contributed by atoms with E-state index in [1.54, 1.807) is 0 Å². The smallest absolute Gasteiger partial charge is 0.145 e. The van der Waals surface area contributed by atoms with Crippen molar-refractivity contribution in [3.05, 3.63) is 30.5 Å². The highest BCUT2D eigenvalue weighted by Crippen LogP contribution is 2.35. The number of thioether (sulfide) groups is 1. The summed E-state index contributed by atoms with van der Waals surface area (Å²) < 4.78 is 8.03. The molecule has 0 aliphatic carbocycles. The van der Waals surface area contributed by atoms with Crippen LogP contribution in [0.2, 0.25) is 0 Å². The first-order valence-corrected chi connectivity index (χ1v) is 8.45. The fourth-order valence-electron chi connectivity index (χ4n) is 2.95. The molecule has 110 valence electrons. The standard InChI is InChI=1S/C16H19N3OS/c1-2-4-14-13(3-1)16-18-15(11-19(16)9-10-20-14)21-12-5-7-17-8-6-12/h1-4,11-12,17H,5-10H2. The number of fused-ring (bicyclic) bond motifs is 3. The largest absolute Gasteiger partial charge is 0.491 e. The van der Waals surface area contributed by atoms with Crippen LogP contribution in [-0.2, 0) is 6.54 Å². The number of para-hydroxylation sites is 1. The lowest BCUT2D eigenvalue weighted by atomic mass is 10.2. The lowest BCUT2D eigenvalue weighted by molar-refractivity contribution is 0.306. The van der Waals surface area contributed by atoms with E-state index in [9.17, 15) is 0 Å². The number of benzene rings is 1. The highest BCUT2D eigenvalue weighted by molar-refractivity contribution is 7.99. The molecule has 4 rings (SSSR count). The number of ether oxygens (including phenoxy) is 1. The third kappa shape index (κ3) is 2.68. The summed E-state index contributed by atoms with van der Waals surface area (Å²) >= 11 is 1.93. The maximum Gasteiger partial charge on any atom is 0.145 e. The van der Waals surface area contributed by atoms with E-state index < -0.39 is 0 Å². The molecule has 21 heavy (non-hydrogen) atoms. The van der Waals surface area contributed by atoms with Crippen LogP contribution < -0.4 is 10.1 Å². The SMILES string of the molecule is c1ccc2c(c1)OCCn1cc(SC3CCNCC3)nc1-2. The molecule has 0 unspecified atom stereocenters. The molecular formula is C16H19N3OS. The van der Waals surface area contributed by atoms with Gasteiger partial charge in [0.15, 0.2) is 0 Å². The number of rotatable bonds is 2. The summed E-state index contributed by atoms with van der Waals surface area (Å²) in [6.07, 6.45) is 4.65. The fraction of sp³-hybridized carbons (Fsp3) is 0.438. The van der Waals surface area contributed by atoms with E-state index in [0.717, 1.165) is 41.8 Å². The third-order valence-corrected chi connectivity index (χ3v) is 5.29. The number of aromatic nitrogens is 2. The van der Waals surface area contributed by atoms with Crippen molar-refractivity contribution in [2.45, 2.75) is 29.7 Å². The van der Waals surface area contributed by atoms with Gasteiger partial charge in [0, 0.05) is 11.4 Å². The normalized spacial score (nSPS) is 18.5. The number of nitrogens with zero attached hydrogens (tertiary/aromatic N) is 2. The molecule has 1 fully saturated rings. The molecule has 4 nitrogen and oxygen atoms in total. The van der Waals surface area contributed by atoms with Crippen LogP contribution in [0.25, 0.3) is 11.4 Å². The molecule has 5 heteroatoms. The summed E-state index contributed by atoms with van der Waals surface area (Å²) in [6.45, 7) is 3.82. The zero-order chi connectivity index (χ0) is 14.1. The molecule has 2 aliphatic rings. The summed E-state index contributed by atoms with van der Waals surface area (Å²) in [4.78, 5) is 4.87. The maximum atomic E-state index is 5.80. The lowest BCUT2D eigenvalue weighted by Crippen LogP contribution is -2.29. The predicted octanol–water partition coefficient (Wildman–Crippen LogP) is 2.79. The molecule has 2 aromatic rings. The van der Waals surface area contributed by atoms with E-state index in [1.165, 1.54) is 12.8 Å². The minimum atomic E-state index is 0.692. The van der Waals surface area contributed by atoms with Crippen molar-refractivity contribution in [2.75, 3.05) is 19.7 Å². The topological polar surface area (TPSA) is 39.1 Å². The first-order valence-electron chi connectivity index (χ1n) is 7.57. The Morgan fingerprint density at radius 3 is 3.00 bits per heavy atom. The van der Waals surface area contributed by atoms with Crippen LogP contribution >= 0.6 is 11.8 Å². The zero-order valence-corrected chi connectivity index (χ0v) is 12.7. The molecule has 0 spiro atoms. The summed E-state index contributed by atoms with van der Waals surface area (Å²) in [5.41, 5.74) is 1.10. The Kier molecular flexibility index (Phi) is 3.61. The second kappa shape index (κ2) is 5.73. The van der Waals surface area contributed by atoms with Gasteiger partial charge < -0.3 is 14.6 Å². The second-order valence-corrected chi connectivity index (χ2v) is 6.83. The van der Waals surface area contributed by atoms with Gasteiger partial charge in [-0.2, -0.15) is 0 Å². The Hall–Kier alpha value is -1.46. The van der Waals surface area contributed by atoms with Gasteiger partial charge in [0.05, 0.1) is 12.1 Å². The van der Waals surface area contributed by atoms with Gasteiger partial charge in [0.25, 0.3) is 0 Å². The number of piperidine rings is 1. The predicted molar refractivity (Wildman–Crippen MR) is 84.9 cm³/mol. The summed E-state index contributed by atoms with van der Waals surface area (Å²) in [5.74, 6) is 1.99. The molecule has 1 saturated heterocycles. The van der Waals surface area contributed by atoms with Crippen LogP contribution in [0.5, 0.6) is 5.75 Å². The highest BCUT2D eigenvalue weighted by atomic mass is 32.2. The van der Waals surface area contributed by atoms with E-state index in [-0.39, 0.29) is 0 Å². The van der Waals surface area contributed by atoms with Crippen molar-refractivity contribution in [3.63, 3.8) is 0 Å².